The van der Waals surface area contributed by atoms with E-state index in [1.165, 1.54) is 0 Å². The Morgan fingerprint density at radius 3 is 2.86 bits per heavy atom. The zero-order valence-corrected chi connectivity index (χ0v) is 11.1. The Hall–Kier alpha value is -3.20. The lowest BCUT2D eigenvalue weighted by Crippen LogP contribution is -1.86. The van der Waals surface area contributed by atoms with Crippen molar-refractivity contribution in [3.8, 4) is 28.7 Å². The Morgan fingerprint density at radius 1 is 1.24 bits per heavy atom. The lowest BCUT2D eigenvalue weighted by atomic mass is 10.1. The van der Waals surface area contributed by atoms with Gasteiger partial charge in [0.05, 0.1) is 13.7 Å². The summed E-state index contributed by atoms with van der Waals surface area (Å²) in [6.07, 6.45) is 1.65. The second-order valence-corrected chi connectivity index (χ2v) is 4.13. The van der Waals surface area contributed by atoms with Gasteiger partial charge in [-0.05, 0) is 24.3 Å². The van der Waals surface area contributed by atoms with Gasteiger partial charge in [-0.25, -0.2) is 4.85 Å². The summed E-state index contributed by atoms with van der Waals surface area (Å²) in [5.41, 5.74) is 1.57. The monoisotopic (exact) mass is 278 g/mol. The number of rotatable bonds is 3. The molecule has 2 aromatic heterocycles. The average molecular weight is 278 g/mol. The van der Waals surface area contributed by atoms with Crippen LogP contribution in [0.3, 0.4) is 0 Å². The maximum atomic E-state index is 7.21. The maximum Gasteiger partial charge on any atom is 0.247 e. The van der Waals surface area contributed by atoms with Crippen molar-refractivity contribution in [3.63, 3.8) is 0 Å². The second-order valence-electron chi connectivity index (χ2n) is 4.13. The summed E-state index contributed by atoms with van der Waals surface area (Å²) in [6, 6.07) is 10.5. The van der Waals surface area contributed by atoms with E-state index in [0.717, 1.165) is 0 Å². The highest BCUT2D eigenvalue weighted by atomic mass is 16.5. The molecule has 0 spiro atoms. The average Bonchev–Trinajstić information content (AvgIpc) is 3.05. The van der Waals surface area contributed by atoms with Crippen molar-refractivity contribution in [3.05, 3.63) is 54.0 Å². The summed E-state index contributed by atoms with van der Waals surface area (Å²) in [5.74, 6) is 1.26. The Balaban J connectivity index is 2.06. The van der Waals surface area contributed by atoms with Gasteiger partial charge in [-0.2, -0.15) is 4.98 Å². The van der Waals surface area contributed by atoms with Crippen molar-refractivity contribution in [1.29, 1.82) is 0 Å². The second kappa shape index (κ2) is 5.43. The van der Waals surface area contributed by atoms with E-state index in [1.54, 1.807) is 37.6 Å². The van der Waals surface area contributed by atoms with Gasteiger partial charge in [0.15, 0.2) is 5.69 Å². The molecule has 0 bridgehead atoms. The highest BCUT2D eigenvalue weighted by molar-refractivity contribution is 5.75. The molecule has 0 aliphatic heterocycles. The zero-order chi connectivity index (χ0) is 14.7. The van der Waals surface area contributed by atoms with Crippen LogP contribution in [-0.2, 0) is 0 Å². The molecule has 6 heteroatoms. The third-order valence-electron chi connectivity index (χ3n) is 2.87. The summed E-state index contributed by atoms with van der Waals surface area (Å²) < 4.78 is 10.4. The van der Waals surface area contributed by atoms with Gasteiger partial charge in [-0.1, -0.05) is 17.3 Å². The minimum atomic E-state index is 0.264. The number of methoxy groups -OCH3 is 1. The van der Waals surface area contributed by atoms with Crippen molar-refractivity contribution >= 4 is 5.69 Å². The molecular formula is C15H10N4O2. The summed E-state index contributed by atoms with van der Waals surface area (Å²) in [4.78, 5) is 11.9. The molecule has 0 aliphatic carbocycles. The molecule has 0 saturated carbocycles. The van der Waals surface area contributed by atoms with E-state index in [0.29, 0.717) is 28.5 Å². The lowest BCUT2D eigenvalue weighted by Gasteiger charge is -2.02. The van der Waals surface area contributed by atoms with Crippen molar-refractivity contribution in [1.82, 2.24) is 15.1 Å². The smallest absolute Gasteiger partial charge is 0.247 e. The zero-order valence-electron chi connectivity index (χ0n) is 11.1. The number of hydrogen-bond acceptors (Lipinski definition) is 5. The van der Waals surface area contributed by atoms with Crippen LogP contribution in [0.1, 0.15) is 0 Å². The number of nitrogens with zero attached hydrogens (tertiary/aromatic N) is 4. The van der Waals surface area contributed by atoms with Gasteiger partial charge in [0.1, 0.15) is 11.4 Å². The molecule has 0 amide bonds. The molecule has 3 aromatic rings. The molecular weight excluding hydrogens is 268 g/mol. The molecule has 1 aromatic carbocycles. The Kier molecular flexibility index (Phi) is 3.31. The highest BCUT2D eigenvalue weighted by Gasteiger charge is 2.15. The van der Waals surface area contributed by atoms with Crippen molar-refractivity contribution in [2.45, 2.75) is 0 Å². The third kappa shape index (κ3) is 2.44. The largest absolute Gasteiger partial charge is 0.497 e. The molecule has 0 atom stereocenters. The van der Waals surface area contributed by atoms with E-state index in [-0.39, 0.29) is 5.89 Å². The van der Waals surface area contributed by atoms with Crippen molar-refractivity contribution in [2.75, 3.05) is 7.11 Å². The third-order valence-corrected chi connectivity index (χ3v) is 2.87. The predicted molar refractivity (Wildman–Crippen MR) is 75.8 cm³/mol. The summed E-state index contributed by atoms with van der Waals surface area (Å²) in [5, 5.41) is 3.90. The molecule has 2 heterocycles. The molecule has 0 aliphatic rings. The standard InChI is InChI=1S/C15H10N4O2/c1-16-12-7-6-10(20-2)9-11(12)15-18-14(19-21-15)13-5-3-4-8-17-13/h3-9H,2H3. The molecule has 0 N–H and O–H groups in total. The summed E-state index contributed by atoms with van der Waals surface area (Å²) in [7, 11) is 1.56. The number of benzene rings is 1. The molecule has 0 fully saturated rings. The van der Waals surface area contributed by atoms with Crippen LogP contribution >= 0.6 is 0 Å². The topological polar surface area (TPSA) is 65.4 Å². The van der Waals surface area contributed by atoms with E-state index in [2.05, 4.69) is 20.0 Å². The van der Waals surface area contributed by atoms with Crippen LogP contribution in [0, 0.1) is 6.57 Å². The minimum Gasteiger partial charge on any atom is -0.497 e. The first kappa shape index (κ1) is 12.8. The fraction of sp³-hybridized carbons (Fsp3) is 0.0667. The van der Waals surface area contributed by atoms with Crippen LogP contribution in [0.15, 0.2) is 47.1 Å². The molecule has 3 rings (SSSR count). The van der Waals surface area contributed by atoms with Gasteiger partial charge in [0, 0.05) is 11.8 Å². The van der Waals surface area contributed by atoms with Gasteiger partial charge < -0.3 is 9.26 Å². The number of hydrogen-bond donors (Lipinski definition) is 0. The van der Waals surface area contributed by atoms with Gasteiger partial charge >= 0.3 is 0 Å². The van der Waals surface area contributed by atoms with Crippen molar-refractivity contribution < 1.29 is 9.26 Å². The van der Waals surface area contributed by atoms with E-state index in [9.17, 15) is 0 Å². The summed E-state index contributed by atoms with van der Waals surface area (Å²) in [6.45, 7) is 7.21. The molecule has 0 radical (unpaired) electrons. The SMILES string of the molecule is [C-]#[N+]c1ccc(OC)cc1-c1nc(-c2ccccn2)no1. The number of pyridine rings is 1. The lowest BCUT2D eigenvalue weighted by molar-refractivity contribution is 0.413. The maximum absolute atomic E-state index is 7.21. The number of ether oxygens (including phenoxy) is 1. The normalized spacial score (nSPS) is 10.1. The Labute approximate surface area is 120 Å². The first-order valence-electron chi connectivity index (χ1n) is 6.13. The van der Waals surface area contributed by atoms with Crippen LogP contribution in [0.2, 0.25) is 0 Å². The van der Waals surface area contributed by atoms with E-state index in [4.69, 9.17) is 15.8 Å². The van der Waals surface area contributed by atoms with Crippen LogP contribution in [0.4, 0.5) is 5.69 Å². The van der Waals surface area contributed by atoms with Crippen LogP contribution in [0.5, 0.6) is 5.75 Å². The number of aromatic nitrogens is 3. The molecule has 6 nitrogen and oxygen atoms in total. The van der Waals surface area contributed by atoms with E-state index >= 15 is 0 Å². The van der Waals surface area contributed by atoms with Crippen LogP contribution in [-0.4, -0.2) is 22.2 Å². The molecule has 21 heavy (non-hydrogen) atoms. The van der Waals surface area contributed by atoms with Crippen LogP contribution in [0.25, 0.3) is 27.8 Å². The van der Waals surface area contributed by atoms with E-state index < -0.39 is 0 Å². The fourth-order valence-corrected chi connectivity index (χ4v) is 1.84. The van der Waals surface area contributed by atoms with Gasteiger partial charge in [-0.3, -0.25) is 4.98 Å². The Bertz CT molecular complexity index is 806. The Morgan fingerprint density at radius 2 is 2.14 bits per heavy atom. The highest BCUT2D eigenvalue weighted by Crippen LogP contribution is 2.33. The van der Waals surface area contributed by atoms with Crippen LogP contribution < -0.4 is 4.74 Å². The van der Waals surface area contributed by atoms with Gasteiger partial charge in [-0.15, -0.1) is 0 Å². The predicted octanol–water partition coefficient (Wildman–Crippen LogP) is 3.36. The van der Waals surface area contributed by atoms with Gasteiger partial charge in [0.25, 0.3) is 0 Å². The van der Waals surface area contributed by atoms with Gasteiger partial charge in [0.2, 0.25) is 11.7 Å². The fourth-order valence-electron chi connectivity index (χ4n) is 1.84. The minimum absolute atomic E-state index is 0.264. The van der Waals surface area contributed by atoms with Crippen molar-refractivity contribution in [2.24, 2.45) is 0 Å². The first-order valence-corrected chi connectivity index (χ1v) is 6.13. The quantitative estimate of drug-likeness (QED) is 0.687. The summed E-state index contributed by atoms with van der Waals surface area (Å²) >= 11 is 0. The molecule has 102 valence electrons. The van der Waals surface area contributed by atoms with E-state index in [1.807, 2.05) is 12.1 Å². The first-order chi connectivity index (χ1) is 10.3. The molecule has 0 unspecified atom stereocenters. The molecule has 0 saturated heterocycles.